The molecule has 12 heteroatoms. The minimum atomic E-state index is 0.637. The second kappa shape index (κ2) is 17.9. The van der Waals surface area contributed by atoms with Crippen molar-refractivity contribution in [1.82, 2.24) is 50.1 Å². The van der Waals surface area contributed by atoms with E-state index in [2.05, 4.69) is 85.0 Å². The van der Waals surface area contributed by atoms with E-state index in [1.807, 2.05) is 97.1 Å². The third-order valence-electron chi connectivity index (χ3n) is 7.75. The lowest BCUT2D eigenvalue weighted by atomic mass is 10.1. The SMILES string of the molecule is c1ccc2c(c1)Nc1ccccc1N2.c1ccc2cnncc2c1.c1ccc2nccnc2c1.c1cnc2ncccc2c1.c1cnc2ncncc2n1. The van der Waals surface area contributed by atoms with E-state index in [0.717, 1.165) is 61.1 Å². The summed E-state index contributed by atoms with van der Waals surface area (Å²) in [6.07, 6.45) is 16.7. The Balaban J connectivity index is 0.000000105. The standard InChI is InChI=1S/C12H10N2.3C8H6N2.C6H4N4/c1-2-6-10-9(5-1)13-11-7-3-4-8-12(11)14-10;1-3-7-4-2-6-10-8(7)9-5-1;1-2-4-8-6-10-9-5-7(8)3-1;1-2-4-8-7(3-1)9-5-6-10-8;1-2-9-6-5(8-1)3-7-4-10-6/h1-8,13-14H;3*1-6H;1-4H. The maximum absolute atomic E-state index is 4.12. The van der Waals surface area contributed by atoms with E-state index in [1.165, 1.54) is 6.33 Å². The molecule has 0 saturated carbocycles. The normalized spacial score (nSPS) is 10.5. The van der Waals surface area contributed by atoms with E-state index in [0.29, 0.717) is 5.65 Å². The van der Waals surface area contributed by atoms with Crippen LogP contribution in [0.25, 0.3) is 44.0 Å². The van der Waals surface area contributed by atoms with Gasteiger partial charge in [-0.2, -0.15) is 10.2 Å². The lowest BCUT2D eigenvalue weighted by Gasteiger charge is -2.22. The fourth-order valence-corrected chi connectivity index (χ4v) is 5.17. The van der Waals surface area contributed by atoms with Gasteiger partial charge in [-0.05, 0) is 60.7 Å². The van der Waals surface area contributed by atoms with Gasteiger partial charge in [-0.15, -0.1) is 0 Å². The van der Waals surface area contributed by atoms with Crippen molar-refractivity contribution < 1.29 is 0 Å². The molecule has 0 radical (unpaired) electrons. The second-order valence-electron chi connectivity index (χ2n) is 11.3. The number of pyridine rings is 2. The second-order valence-corrected chi connectivity index (χ2v) is 11.3. The molecule has 1 aliphatic heterocycles. The zero-order valence-corrected chi connectivity index (χ0v) is 28.8. The largest absolute Gasteiger partial charge is 0.352 e. The average molecular weight is 705 g/mol. The number of hydrogen-bond acceptors (Lipinski definition) is 12. The van der Waals surface area contributed by atoms with Crippen LogP contribution in [0, 0.1) is 0 Å². The average Bonchev–Trinajstić information content (AvgIpc) is 3.27. The Morgan fingerprint density at radius 1 is 0.315 bits per heavy atom. The maximum Gasteiger partial charge on any atom is 0.181 e. The number of hydrogen-bond donors (Lipinski definition) is 2. The van der Waals surface area contributed by atoms with Gasteiger partial charge in [0.1, 0.15) is 11.8 Å². The highest BCUT2D eigenvalue weighted by molar-refractivity contribution is 5.90. The Bertz CT molecular complexity index is 2090. The number of rotatable bonds is 0. The van der Waals surface area contributed by atoms with Crippen LogP contribution >= 0.6 is 0 Å². The molecule has 0 fully saturated rings. The number of benzene rings is 4. The number of nitrogens with one attached hydrogen (secondary N) is 2. The lowest BCUT2D eigenvalue weighted by Crippen LogP contribution is -2.05. The van der Waals surface area contributed by atoms with Gasteiger partial charge in [-0.3, -0.25) is 9.97 Å². The van der Waals surface area contributed by atoms with Crippen molar-refractivity contribution in [3.8, 4) is 0 Å². The molecule has 1 aliphatic rings. The van der Waals surface area contributed by atoms with Gasteiger partial charge in [0.05, 0.1) is 52.4 Å². The van der Waals surface area contributed by atoms with Crippen LogP contribution in [0.4, 0.5) is 22.7 Å². The Morgan fingerprint density at radius 2 is 0.741 bits per heavy atom. The maximum atomic E-state index is 4.12. The van der Waals surface area contributed by atoms with E-state index in [9.17, 15) is 0 Å². The van der Waals surface area contributed by atoms with Crippen LogP contribution in [0.5, 0.6) is 0 Å². The molecule has 10 aromatic rings. The zero-order chi connectivity index (χ0) is 36.6. The van der Waals surface area contributed by atoms with Crippen molar-refractivity contribution in [2.24, 2.45) is 0 Å². The molecule has 12 nitrogen and oxygen atoms in total. The molecule has 260 valence electrons. The van der Waals surface area contributed by atoms with Crippen molar-refractivity contribution in [1.29, 1.82) is 0 Å². The highest BCUT2D eigenvalue weighted by Crippen LogP contribution is 2.37. The first-order valence-electron chi connectivity index (χ1n) is 16.9. The van der Waals surface area contributed by atoms with Crippen molar-refractivity contribution >= 4 is 66.8 Å². The molecule has 0 aliphatic carbocycles. The summed E-state index contributed by atoms with van der Waals surface area (Å²) in [4.78, 5) is 32.0. The third kappa shape index (κ3) is 9.27. The summed E-state index contributed by atoms with van der Waals surface area (Å²) < 4.78 is 0. The van der Waals surface area contributed by atoms with E-state index in [-0.39, 0.29) is 0 Å². The highest BCUT2D eigenvalue weighted by atomic mass is 15.1. The number of para-hydroxylation sites is 6. The molecule has 11 rings (SSSR count). The van der Waals surface area contributed by atoms with Crippen molar-refractivity contribution in [3.05, 3.63) is 183 Å². The molecule has 4 aromatic carbocycles. The first-order chi connectivity index (χ1) is 26.8. The van der Waals surface area contributed by atoms with E-state index in [1.54, 1.807) is 55.8 Å². The molecule has 0 spiro atoms. The summed E-state index contributed by atoms with van der Waals surface area (Å²) in [6.45, 7) is 0. The highest BCUT2D eigenvalue weighted by Gasteiger charge is 2.11. The summed E-state index contributed by atoms with van der Waals surface area (Å²) in [7, 11) is 0. The van der Waals surface area contributed by atoms with Crippen molar-refractivity contribution in [3.63, 3.8) is 0 Å². The van der Waals surface area contributed by atoms with Crippen LogP contribution in [0.3, 0.4) is 0 Å². The van der Waals surface area contributed by atoms with Crippen LogP contribution in [-0.4, -0.2) is 50.1 Å². The van der Waals surface area contributed by atoms with Gasteiger partial charge in [-0.1, -0.05) is 60.7 Å². The van der Waals surface area contributed by atoms with Gasteiger partial charge in [-0.25, -0.2) is 29.9 Å². The van der Waals surface area contributed by atoms with Gasteiger partial charge in [0.2, 0.25) is 0 Å². The van der Waals surface area contributed by atoms with Gasteiger partial charge in [0.15, 0.2) is 11.3 Å². The van der Waals surface area contributed by atoms with Crippen LogP contribution in [0.1, 0.15) is 0 Å². The van der Waals surface area contributed by atoms with Crippen LogP contribution in [0.15, 0.2) is 183 Å². The van der Waals surface area contributed by atoms with Crippen molar-refractivity contribution in [2.75, 3.05) is 10.6 Å². The minimum Gasteiger partial charge on any atom is -0.352 e. The molecule has 7 heterocycles. The zero-order valence-electron chi connectivity index (χ0n) is 28.8. The van der Waals surface area contributed by atoms with Gasteiger partial charge >= 0.3 is 0 Å². The Hall–Kier alpha value is -7.86. The molecule has 54 heavy (non-hydrogen) atoms. The minimum absolute atomic E-state index is 0.637. The number of anilines is 4. The summed E-state index contributed by atoms with van der Waals surface area (Å²) in [6, 6.07) is 40.0. The van der Waals surface area contributed by atoms with E-state index in [4.69, 9.17) is 0 Å². The molecular formula is C42H32N12. The number of nitrogens with zero attached hydrogens (tertiary/aromatic N) is 10. The predicted molar refractivity (Wildman–Crippen MR) is 213 cm³/mol. The Morgan fingerprint density at radius 3 is 1.24 bits per heavy atom. The predicted octanol–water partition coefficient (Wildman–Crippen LogP) is 8.80. The lowest BCUT2D eigenvalue weighted by molar-refractivity contribution is 1.05. The number of fused-ring (bicyclic) bond motifs is 6. The molecule has 0 atom stereocenters. The van der Waals surface area contributed by atoms with E-state index < -0.39 is 0 Å². The smallest absolute Gasteiger partial charge is 0.181 e. The Kier molecular flexibility index (Phi) is 11.4. The Labute approximate surface area is 310 Å². The molecular weight excluding hydrogens is 673 g/mol. The molecule has 0 unspecified atom stereocenters. The monoisotopic (exact) mass is 704 g/mol. The van der Waals surface area contributed by atoms with Crippen molar-refractivity contribution in [2.45, 2.75) is 0 Å². The molecule has 0 saturated heterocycles. The van der Waals surface area contributed by atoms with Crippen LogP contribution < -0.4 is 10.6 Å². The summed E-state index contributed by atoms with van der Waals surface area (Å²) in [5.74, 6) is 0. The first-order valence-corrected chi connectivity index (χ1v) is 16.9. The first kappa shape index (κ1) is 34.6. The molecule has 0 bridgehead atoms. The van der Waals surface area contributed by atoms with Crippen LogP contribution in [0.2, 0.25) is 0 Å². The van der Waals surface area contributed by atoms with Gasteiger partial charge in [0, 0.05) is 53.3 Å². The molecule has 0 amide bonds. The topological polar surface area (TPSA) is 153 Å². The summed E-state index contributed by atoms with van der Waals surface area (Å²) in [5.41, 5.74) is 8.59. The summed E-state index contributed by atoms with van der Waals surface area (Å²) >= 11 is 0. The fraction of sp³-hybridized carbons (Fsp3) is 0. The molecule has 6 aromatic heterocycles. The van der Waals surface area contributed by atoms with E-state index >= 15 is 0 Å². The summed E-state index contributed by atoms with van der Waals surface area (Å²) in [5, 5.41) is 17.6. The quantitative estimate of drug-likeness (QED) is 0.155. The molecule has 2 N–H and O–H groups in total. The van der Waals surface area contributed by atoms with Gasteiger partial charge in [0.25, 0.3) is 0 Å². The van der Waals surface area contributed by atoms with Crippen LogP contribution in [-0.2, 0) is 0 Å². The fourth-order valence-electron chi connectivity index (χ4n) is 5.17. The van der Waals surface area contributed by atoms with Gasteiger partial charge < -0.3 is 10.6 Å². The third-order valence-corrected chi connectivity index (χ3v) is 7.75. The number of aromatic nitrogens is 10.